The van der Waals surface area contributed by atoms with Crippen LogP contribution < -0.4 is 0 Å². The minimum Gasteiger partial charge on any atom is -0.0944 e. The van der Waals surface area contributed by atoms with Crippen LogP contribution >= 0.6 is 15.9 Å². The quantitative estimate of drug-likeness (QED) is 0.691. The lowest BCUT2D eigenvalue weighted by Crippen LogP contribution is -1.92. The Morgan fingerprint density at radius 1 is 1.06 bits per heavy atom. The van der Waals surface area contributed by atoms with Gasteiger partial charge in [0.2, 0.25) is 0 Å². The van der Waals surface area contributed by atoms with E-state index in [4.69, 9.17) is 0 Å². The SMILES string of the molecule is C=C(CBr)c1cccc(-c2ccccc2)c1C. The van der Waals surface area contributed by atoms with Crippen LogP contribution in [0.1, 0.15) is 11.1 Å². The van der Waals surface area contributed by atoms with Crippen molar-refractivity contribution in [1.29, 1.82) is 0 Å². The van der Waals surface area contributed by atoms with Crippen LogP contribution in [-0.4, -0.2) is 5.33 Å². The molecule has 17 heavy (non-hydrogen) atoms. The molecule has 0 nitrogen and oxygen atoms in total. The van der Waals surface area contributed by atoms with Crippen molar-refractivity contribution in [3.8, 4) is 11.1 Å². The van der Waals surface area contributed by atoms with E-state index in [9.17, 15) is 0 Å². The van der Waals surface area contributed by atoms with Crippen molar-refractivity contribution in [3.05, 3.63) is 66.2 Å². The topological polar surface area (TPSA) is 0 Å². The number of hydrogen-bond donors (Lipinski definition) is 0. The van der Waals surface area contributed by atoms with Crippen LogP contribution in [0.4, 0.5) is 0 Å². The Balaban J connectivity index is 2.54. The van der Waals surface area contributed by atoms with Gasteiger partial charge in [0.05, 0.1) is 0 Å². The summed E-state index contributed by atoms with van der Waals surface area (Å²) in [5, 5.41) is 0.812. The molecule has 2 aromatic carbocycles. The maximum atomic E-state index is 4.09. The minimum atomic E-state index is 0.812. The van der Waals surface area contributed by atoms with E-state index in [1.807, 2.05) is 6.07 Å². The van der Waals surface area contributed by atoms with E-state index in [1.54, 1.807) is 0 Å². The van der Waals surface area contributed by atoms with Crippen molar-refractivity contribution in [1.82, 2.24) is 0 Å². The molecule has 0 aromatic heterocycles. The van der Waals surface area contributed by atoms with Crippen LogP contribution in [0.15, 0.2) is 55.1 Å². The molecular formula is C16H15Br. The third-order valence-corrected chi connectivity index (χ3v) is 3.64. The number of rotatable bonds is 3. The molecule has 0 heterocycles. The zero-order valence-electron chi connectivity index (χ0n) is 9.91. The highest BCUT2D eigenvalue weighted by Crippen LogP contribution is 2.29. The first-order valence-electron chi connectivity index (χ1n) is 5.63. The van der Waals surface area contributed by atoms with Gasteiger partial charge in [-0.05, 0) is 34.8 Å². The second kappa shape index (κ2) is 5.33. The van der Waals surface area contributed by atoms with Gasteiger partial charge in [0.25, 0.3) is 0 Å². The minimum absolute atomic E-state index is 0.812. The Morgan fingerprint density at radius 3 is 2.41 bits per heavy atom. The Morgan fingerprint density at radius 2 is 1.76 bits per heavy atom. The highest BCUT2D eigenvalue weighted by molar-refractivity contribution is 9.09. The second-order valence-corrected chi connectivity index (χ2v) is 4.64. The molecule has 0 N–H and O–H groups in total. The van der Waals surface area contributed by atoms with Gasteiger partial charge in [-0.3, -0.25) is 0 Å². The summed E-state index contributed by atoms with van der Waals surface area (Å²) < 4.78 is 0. The van der Waals surface area contributed by atoms with Crippen molar-refractivity contribution in [3.63, 3.8) is 0 Å². The number of alkyl halides is 1. The van der Waals surface area contributed by atoms with E-state index in [2.05, 4.69) is 71.9 Å². The number of allylic oxidation sites excluding steroid dienone is 1. The zero-order chi connectivity index (χ0) is 12.3. The lowest BCUT2D eigenvalue weighted by Gasteiger charge is -2.12. The smallest absolute Gasteiger partial charge is 0.0283 e. The summed E-state index contributed by atoms with van der Waals surface area (Å²) >= 11 is 3.47. The molecule has 0 bridgehead atoms. The van der Waals surface area contributed by atoms with Crippen molar-refractivity contribution in [2.75, 3.05) is 5.33 Å². The molecule has 2 aromatic rings. The van der Waals surface area contributed by atoms with Crippen LogP contribution in [-0.2, 0) is 0 Å². The predicted molar refractivity (Wildman–Crippen MR) is 79.4 cm³/mol. The predicted octanol–water partition coefficient (Wildman–Crippen LogP) is 5.07. The highest BCUT2D eigenvalue weighted by atomic mass is 79.9. The average Bonchev–Trinajstić information content (AvgIpc) is 2.39. The molecule has 0 spiro atoms. The molecule has 0 unspecified atom stereocenters. The van der Waals surface area contributed by atoms with Gasteiger partial charge in [0.15, 0.2) is 0 Å². The fraction of sp³-hybridized carbons (Fsp3) is 0.125. The maximum absolute atomic E-state index is 4.09. The molecule has 0 aliphatic carbocycles. The van der Waals surface area contributed by atoms with Gasteiger partial charge in [0, 0.05) is 5.33 Å². The highest BCUT2D eigenvalue weighted by Gasteiger charge is 2.07. The summed E-state index contributed by atoms with van der Waals surface area (Å²) in [5.41, 5.74) is 6.20. The van der Waals surface area contributed by atoms with Crippen molar-refractivity contribution in [2.45, 2.75) is 6.92 Å². The Hall–Kier alpha value is -1.34. The molecule has 0 atom stereocenters. The van der Waals surface area contributed by atoms with Crippen LogP contribution in [0.3, 0.4) is 0 Å². The van der Waals surface area contributed by atoms with Crippen LogP contribution in [0.5, 0.6) is 0 Å². The summed E-state index contributed by atoms with van der Waals surface area (Å²) in [5.74, 6) is 0. The summed E-state index contributed by atoms with van der Waals surface area (Å²) in [6.07, 6.45) is 0. The van der Waals surface area contributed by atoms with Gasteiger partial charge in [-0.25, -0.2) is 0 Å². The number of hydrogen-bond acceptors (Lipinski definition) is 0. The first-order chi connectivity index (χ1) is 8.24. The maximum Gasteiger partial charge on any atom is 0.0283 e. The molecule has 0 radical (unpaired) electrons. The van der Waals surface area contributed by atoms with E-state index in [-0.39, 0.29) is 0 Å². The molecule has 86 valence electrons. The molecule has 0 fully saturated rings. The Kier molecular flexibility index (Phi) is 3.80. The van der Waals surface area contributed by atoms with E-state index in [0.29, 0.717) is 0 Å². The first-order valence-corrected chi connectivity index (χ1v) is 6.75. The summed E-state index contributed by atoms with van der Waals surface area (Å²) in [6, 6.07) is 16.9. The van der Waals surface area contributed by atoms with E-state index in [1.165, 1.54) is 22.3 Å². The lowest BCUT2D eigenvalue weighted by atomic mass is 9.94. The third kappa shape index (κ3) is 2.50. The molecule has 0 amide bonds. The fourth-order valence-corrected chi connectivity index (χ4v) is 2.32. The van der Waals surface area contributed by atoms with Crippen LogP contribution in [0.2, 0.25) is 0 Å². The van der Waals surface area contributed by atoms with Gasteiger partial charge in [0.1, 0.15) is 0 Å². The standard InChI is InChI=1S/C16H15Br/c1-12(11-17)15-9-6-10-16(13(15)2)14-7-4-3-5-8-14/h3-10H,1,11H2,2H3. The monoisotopic (exact) mass is 286 g/mol. The van der Waals surface area contributed by atoms with Gasteiger partial charge < -0.3 is 0 Å². The number of benzene rings is 2. The van der Waals surface area contributed by atoms with Gasteiger partial charge in [-0.1, -0.05) is 71.0 Å². The second-order valence-electron chi connectivity index (χ2n) is 4.08. The normalized spacial score (nSPS) is 10.2. The van der Waals surface area contributed by atoms with Gasteiger partial charge in [-0.2, -0.15) is 0 Å². The van der Waals surface area contributed by atoms with E-state index < -0.39 is 0 Å². The first kappa shape index (κ1) is 12.1. The van der Waals surface area contributed by atoms with Crippen molar-refractivity contribution in [2.24, 2.45) is 0 Å². The fourth-order valence-electron chi connectivity index (χ4n) is 2.02. The van der Waals surface area contributed by atoms with Crippen molar-refractivity contribution >= 4 is 21.5 Å². The largest absolute Gasteiger partial charge is 0.0944 e. The average molecular weight is 287 g/mol. The number of halogens is 1. The molecule has 0 saturated heterocycles. The lowest BCUT2D eigenvalue weighted by molar-refractivity contribution is 1.41. The molecule has 1 heteroatoms. The zero-order valence-corrected chi connectivity index (χ0v) is 11.5. The molecule has 2 rings (SSSR count). The molecule has 0 aliphatic heterocycles. The van der Waals surface area contributed by atoms with Crippen molar-refractivity contribution < 1.29 is 0 Å². The summed E-state index contributed by atoms with van der Waals surface area (Å²) in [4.78, 5) is 0. The third-order valence-electron chi connectivity index (χ3n) is 2.96. The van der Waals surface area contributed by atoms with Crippen LogP contribution in [0, 0.1) is 6.92 Å². The van der Waals surface area contributed by atoms with E-state index >= 15 is 0 Å². The Bertz CT molecular complexity index is 526. The van der Waals surface area contributed by atoms with Gasteiger partial charge >= 0.3 is 0 Å². The van der Waals surface area contributed by atoms with Gasteiger partial charge in [-0.15, -0.1) is 0 Å². The Labute approximate surface area is 111 Å². The molecular weight excluding hydrogens is 272 g/mol. The van der Waals surface area contributed by atoms with Crippen LogP contribution in [0.25, 0.3) is 16.7 Å². The molecule has 0 aliphatic rings. The summed E-state index contributed by atoms with van der Waals surface area (Å²) in [7, 11) is 0. The molecule has 0 saturated carbocycles. The summed E-state index contributed by atoms with van der Waals surface area (Å²) in [6.45, 7) is 6.25. The van der Waals surface area contributed by atoms with E-state index in [0.717, 1.165) is 10.9 Å².